The number of aromatic amines is 1. The van der Waals surface area contributed by atoms with Crippen LogP contribution in [0.2, 0.25) is 0 Å². The SMILES string of the molecule is Cc1cc(=O)[nH]n1-c1ccc(N=CC2C(=O)Nc3ncc(C(=O)O)cc32)cc1. The molecule has 9 nitrogen and oxygen atoms in total. The summed E-state index contributed by atoms with van der Waals surface area (Å²) in [5.74, 6) is -1.80. The summed E-state index contributed by atoms with van der Waals surface area (Å²) in [5, 5.41) is 14.4. The van der Waals surface area contributed by atoms with Crippen LogP contribution in [-0.4, -0.2) is 38.0 Å². The molecule has 4 rings (SSSR count). The van der Waals surface area contributed by atoms with Gasteiger partial charge < -0.3 is 10.4 Å². The molecular weight excluding hydrogens is 362 g/mol. The third-order valence-corrected chi connectivity index (χ3v) is 4.42. The third kappa shape index (κ3) is 3.09. The molecule has 3 N–H and O–H groups in total. The van der Waals surface area contributed by atoms with E-state index in [4.69, 9.17) is 5.11 Å². The first-order valence-electron chi connectivity index (χ1n) is 8.40. The number of rotatable bonds is 4. The number of aromatic carboxylic acids is 1. The van der Waals surface area contributed by atoms with Gasteiger partial charge in [-0.2, -0.15) is 0 Å². The fourth-order valence-electron chi connectivity index (χ4n) is 3.03. The number of carbonyl (C=O) groups excluding carboxylic acids is 1. The lowest BCUT2D eigenvalue weighted by Gasteiger charge is -2.06. The smallest absolute Gasteiger partial charge is 0.337 e. The number of carbonyl (C=O) groups is 2. The minimum Gasteiger partial charge on any atom is -0.478 e. The number of amides is 1. The van der Waals surface area contributed by atoms with E-state index >= 15 is 0 Å². The lowest BCUT2D eigenvalue weighted by Crippen LogP contribution is -2.13. The molecule has 2 aromatic heterocycles. The maximum absolute atomic E-state index is 12.2. The van der Waals surface area contributed by atoms with E-state index in [-0.39, 0.29) is 17.0 Å². The van der Waals surface area contributed by atoms with Crippen molar-refractivity contribution in [3.05, 3.63) is 69.8 Å². The number of H-pyrrole nitrogens is 1. The van der Waals surface area contributed by atoms with Crippen LogP contribution in [0.1, 0.15) is 27.5 Å². The molecule has 1 aliphatic rings. The largest absolute Gasteiger partial charge is 0.478 e. The first-order valence-corrected chi connectivity index (χ1v) is 8.40. The van der Waals surface area contributed by atoms with E-state index in [9.17, 15) is 14.4 Å². The zero-order valence-corrected chi connectivity index (χ0v) is 14.7. The zero-order chi connectivity index (χ0) is 19.8. The normalized spacial score (nSPS) is 15.6. The van der Waals surface area contributed by atoms with Crippen LogP contribution in [0.3, 0.4) is 0 Å². The van der Waals surface area contributed by atoms with Crippen LogP contribution < -0.4 is 10.9 Å². The van der Waals surface area contributed by atoms with Crippen LogP contribution in [0, 0.1) is 6.92 Å². The highest BCUT2D eigenvalue weighted by molar-refractivity contribution is 6.12. The van der Waals surface area contributed by atoms with E-state index in [0.29, 0.717) is 17.1 Å². The van der Waals surface area contributed by atoms with Crippen LogP contribution in [0.5, 0.6) is 0 Å². The first kappa shape index (κ1) is 17.4. The van der Waals surface area contributed by atoms with Gasteiger partial charge >= 0.3 is 5.97 Å². The van der Waals surface area contributed by atoms with Gasteiger partial charge in [-0.25, -0.2) is 9.78 Å². The van der Waals surface area contributed by atoms with Gasteiger partial charge in [-0.3, -0.25) is 24.4 Å². The Bertz CT molecular complexity index is 1170. The molecule has 0 bridgehead atoms. The van der Waals surface area contributed by atoms with Gasteiger partial charge in [0.25, 0.3) is 5.56 Å². The van der Waals surface area contributed by atoms with Gasteiger partial charge in [0.05, 0.1) is 16.9 Å². The van der Waals surface area contributed by atoms with Crippen LogP contribution in [0.15, 0.2) is 52.4 Å². The second kappa shape index (κ2) is 6.62. The van der Waals surface area contributed by atoms with Gasteiger partial charge in [0.15, 0.2) is 0 Å². The van der Waals surface area contributed by atoms with Gasteiger partial charge in [-0.1, -0.05) is 0 Å². The van der Waals surface area contributed by atoms with E-state index in [0.717, 1.165) is 11.4 Å². The zero-order valence-electron chi connectivity index (χ0n) is 14.7. The molecule has 1 aliphatic heterocycles. The molecular formula is C19H15N5O4. The number of hydrogen-bond donors (Lipinski definition) is 3. The Morgan fingerprint density at radius 1 is 1.25 bits per heavy atom. The number of carboxylic acids is 1. The average molecular weight is 377 g/mol. The topological polar surface area (TPSA) is 129 Å². The number of nitrogens with one attached hydrogen (secondary N) is 2. The van der Waals surface area contributed by atoms with Crippen LogP contribution in [0.4, 0.5) is 11.5 Å². The van der Waals surface area contributed by atoms with Gasteiger partial charge in [0.1, 0.15) is 11.7 Å². The fraction of sp³-hybridized carbons (Fsp3) is 0.105. The fourth-order valence-corrected chi connectivity index (χ4v) is 3.03. The minimum atomic E-state index is -1.11. The molecule has 0 saturated heterocycles. The molecule has 0 spiro atoms. The lowest BCUT2D eigenvalue weighted by molar-refractivity contribution is -0.115. The van der Waals surface area contributed by atoms with Crippen molar-refractivity contribution in [2.45, 2.75) is 12.8 Å². The molecule has 140 valence electrons. The molecule has 1 atom stereocenters. The first-order chi connectivity index (χ1) is 13.4. The van der Waals surface area contributed by atoms with Gasteiger partial charge in [-0.05, 0) is 37.3 Å². The summed E-state index contributed by atoms with van der Waals surface area (Å²) >= 11 is 0. The summed E-state index contributed by atoms with van der Waals surface area (Å²) in [6.45, 7) is 1.82. The second-order valence-corrected chi connectivity index (χ2v) is 6.33. The van der Waals surface area contributed by atoms with Crippen LogP contribution >= 0.6 is 0 Å². The molecule has 0 fully saturated rings. The second-order valence-electron chi connectivity index (χ2n) is 6.33. The summed E-state index contributed by atoms with van der Waals surface area (Å²) in [6, 6.07) is 10.0. The van der Waals surface area contributed by atoms with Crippen molar-refractivity contribution in [1.29, 1.82) is 0 Å². The van der Waals surface area contributed by atoms with Crippen molar-refractivity contribution in [3.8, 4) is 5.69 Å². The number of anilines is 1. The van der Waals surface area contributed by atoms with E-state index in [1.807, 2.05) is 6.92 Å². The highest BCUT2D eigenvalue weighted by Gasteiger charge is 2.31. The van der Waals surface area contributed by atoms with E-state index in [1.165, 1.54) is 24.5 Å². The number of pyridine rings is 1. The van der Waals surface area contributed by atoms with Crippen molar-refractivity contribution in [2.24, 2.45) is 4.99 Å². The predicted molar refractivity (Wildman–Crippen MR) is 102 cm³/mol. The maximum atomic E-state index is 12.2. The van der Waals surface area contributed by atoms with Gasteiger partial charge in [-0.15, -0.1) is 0 Å². The molecule has 1 aromatic carbocycles. The predicted octanol–water partition coefficient (Wildman–Crippen LogP) is 2.01. The summed E-state index contributed by atoms with van der Waals surface area (Å²) in [4.78, 5) is 43.1. The molecule has 28 heavy (non-hydrogen) atoms. The summed E-state index contributed by atoms with van der Waals surface area (Å²) in [7, 11) is 0. The molecule has 3 aromatic rings. The van der Waals surface area contributed by atoms with Crippen molar-refractivity contribution in [1.82, 2.24) is 14.8 Å². The molecule has 1 amide bonds. The number of aliphatic imine (C=N–C) groups is 1. The monoisotopic (exact) mass is 377 g/mol. The Labute approximate surface area is 158 Å². The quantitative estimate of drug-likeness (QED) is 0.599. The molecule has 3 heterocycles. The molecule has 0 aliphatic carbocycles. The summed E-state index contributed by atoms with van der Waals surface area (Å²) in [5.41, 5.74) is 2.47. The number of nitrogens with zero attached hydrogens (tertiary/aromatic N) is 3. The van der Waals surface area contributed by atoms with E-state index in [1.54, 1.807) is 28.9 Å². The summed E-state index contributed by atoms with van der Waals surface area (Å²) < 4.78 is 1.66. The Hall–Kier alpha value is -4.01. The lowest BCUT2D eigenvalue weighted by atomic mass is 10.0. The van der Waals surface area contributed by atoms with Gasteiger partial charge in [0.2, 0.25) is 5.91 Å². The number of aryl methyl sites for hydroxylation is 1. The van der Waals surface area contributed by atoms with Gasteiger partial charge in [0, 0.05) is 29.7 Å². The van der Waals surface area contributed by atoms with Crippen molar-refractivity contribution < 1.29 is 14.7 Å². The molecule has 0 saturated carbocycles. The van der Waals surface area contributed by atoms with E-state index in [2.05, 4.69) is 20.4 Å². The molecule has 9 heteroatoms. The molecule has 1 unspecified atom stereocenters. The number of aromatic nitrogens is 3. The third-order valence-electron chi connectivity index (χ3n) is 4.42. The Morgan fingerprint density at radius 2 is 2.00 bits per heavy atom. The Kier molecular flexibility index (Phi) is 4.11. The maximum Gasteiger partial charge on any atom is 0.337 e. The Balaban J connectivity index is 1.59. The highest BCUT2D eigenvalue weighted by Crippen LogP contribution is 2.31. The number of benzene rings is 1. The standard InChI is InChI=1S/C19H15N5O4/c1-10-6-16(25)23-24(10)13-4-2-12(3-5-13)20-9-15-14-7-11(19(27)28)8-21-17(14)22-18(15)26/h2-9,15H,1H3,(H,23,25)(H,27,28)(H,21,22,26). The van der Waals surface area contributed by atoms with E-state index < -0.39 is 11.9 Å². The van der Waals surface area contributed by atoms with Crippen LogP contribution in [0.25, 0.3) is 5.69 Å². The van der Waals surface area contributed by atoms with Crippen molar-refractivity contribution in [3.63, 3.8) is 0 Å². The number of fused-ring (bicyclic) bond motifs is 1. The van der Waals surface area contributed by atoms with Crippen molar-refractivity contribution in [2.75, 3.05) is 5.32 Å². The average Bonchev–Trinajstić information content (AvgIpc) is 3.17. The minimum absolute atomic E-state index is 0.00841. The number of hydrogen-bond acceptors (Lipinski definition) is 5. The highest BCUT2D eigenvalue weighted by atomic mass is 16.4. The summed E-state index contributed by atoms with van der Waals surface area (Å²) in [6.07, 6.45) is 2.67. The Morgan fingerprint density at radius 3 is 2.64 bits per heavy atom. The molecule has 0 radical (unpaired) electrons. The van der Waals surface area contributed by atoms with Crippen LogP contribution in [-0.2, 0) is 4.79 Å². The van der Waals surface area contributed by atoms with Crippen molar-refractivity contribution >= 4 is 29.6 Å². The number of carboxylic acid groups (broad SMARTS) is 1.